The smallest absolute Gasteiger partial charge is 0.227 e. The van der Waals surface area contributed by atoms with Crippen molar-refractivity contribution in [2.45, 2.75) is 45.7 Å². The van der Waals surface area contributed by atoms with Gasteiger partial charge in [0.1, 0.15) is 5.82 Å². The van der Waals surface area contributed by atoms with E-state index >= 15 is 0 Å². The highest BCUT2D eigenvalue weighted by atomic mass is 19.1. The van der Waals surface area contributed by atoms with Crippen LogP contribution in [-0.4, -0.2) is 35.5 Å². The quantitative estimate of drug-likeness (QED) is 0.929. The highest BCUT2D eigenvalue weighted by Gasteiger charge is 2.36. The highest BCUT2D eigenvalue weighted by molar-refractivity contribution is 5.79. The molecule has 1 aromatic carbocycles. The number of hydrogen-bond acceptors (Lipinski definition) is 2. The molecule has 1 amide bonds. The zero-order valence-electron chi connectivity index (χ0n) is 13.3. The second-order valence-corrected chi connectivity index (χ2v) is 6.90. The molecule has 1 aliphatic heterocycles. The van der Waals surface area contributed by atoms with Crippen LogP contribution in [0.25, 0.3) is 0 Å². The highest BCUT2D eigenvalue weighted by Crippen LogP contribution is 2.21. The Bertz CT molecular complexity index is 496. The summed E-state index contributed by atoms with van der Waals surface area (Å²) in [6.07, 6.45) is 0.333. The van der Waals surface area contributed by atoms with E-state index in [4.69, 9.17) is 0 Å². The summed E-state index contributed by atoms with van der Waals surface area (Å²) >= 11 is 0. The summed E-state index contributed by atoms with van der Waals surface area (Å²) in [4.78, 5) is 14.7. The van der Waals surface area contributed by atoms with Crippen molar-refractivity contribution in [1.29, 1.82) is 0 Å². The van der Waals surface area contributed by atoms with Crippen molar-refractivity contribution in [2.24, 2.45) is 5.92 Å². The molecule has 0 saturated carbocycles. The lowest BCUT2D eigenvalue weighted by atomic mass is 9.92. The van der Waals surface area contributed by atoms with Crippen LogP contribution in [0.15, 0.2) is 24.3 Å². The first kappa shape index (κ1) is 16.0. The normalized spacial score (nSPS) is 21.6. The van der Waals surface area contributed by atoms with Crippen molar-refractivity contribution in [3.8, 4) is 0 Å². The molecule has 0 aliphatic carbocycles. The van der Waals surface area contributed by atoms with E-state index < -0.39 is 0 Å². The fourth-order valence-electron chi connectivity index (χ4n) is 2.84. The second kappa shape index (κ2) is 6.14. The lowest BCUT2D eigenvalue weighted by molar-refractivity contribution is -0.136. The van der Waals surface area contributed by atoms with Gasteiger partial charge in [0.15, 0.2) is 0 Å². The summed E-state index contributed by atoms with van der Waals surface area (Å²) in [6, 6.07) is 6.40. The first-order valence-corrected chi connectivity index (χ1v) is 7.57. The van der Waals surface area contributed by atoms with Gasteiger partial charge >= 0.3 is 0 Å². The van der Waals surface area contributed by atoms with Gasteiger partial charge in [-0.1, -0.05) is 26.0 Å². The molecule has 1 atom stereocenters. The third-order valence-corrected chi connectivity index (χ3v) is 4.11. The Balaban J connectivity index is 2.11. The lowest BCUT2D eigenvalue weighted by Gasteiger charge is -2.46. The molecule has 116 valence electrons. The second-order valence-electron chi connectivity index (χ2n) is 6.90. The summed E-state index contributed by atoms with van der Waals surface area (Å²) in [5, 5.41) is 3.50. The predicted molar refractivity (Wildman–Crippen MR) is 82.5 cm³/mol. The van der Waals surface area contributed by atoms with Gasteiger partial charge in [-0.25, -0.2) is 4.39 Å². The van der Waals surface area contributed by atoms with Crippen molar-refractivity contribution >= 4 is 5.91 Å². The van der Waals surface area contributed by atoms with Crippen LogP contribution in [0.2, 0.25) is 0 Å². The van der Waals surface area contributed by atoms with E-state index in [0.29, 0.717) is 18.9 Å². The number of carbonyl (C=O) groups excluding carboxylic acids is 1. The summed E-state index contributed by atoms with van der Waals surface area (Å²) in [5.41, 5.74) is 0.796. The van der Waals surface area contributed by atoms with E-state index in [1.165, 1.54) is 12.1 Å². The van der Waals surface area contributed by atoms with Crippen LogP contribution in [0.3, 0.4) is 0 Å². The molecule has 0 radical (unpaired) electrons. The van der Waals surface area contributed by atoms with E-state index in [0.717, 1.165) is 12.1 Å². The van der Waals surface area contributed by atoms with Gasteiger partial charge < -0.3 is 10.2 Å². The number of amides is 1. The average Bonchev–Trinajstić information content (AvgIpc) is 2.40. The monoisotopic (exact) mass is 292 g/mol. The molecule has 21 heavy (non-hydrogen) atoms. The molecule has 2 rings (SSSR count). The molecule has 1 aromatic rings. The van der Waals surface area contributed by atoms with Gasteiger partial charge in [-0.15, -0.1) is 0 Å². The Kier molecular flexibility index (Phi) is 4.67. The number of carbonyl (C=O) groups is 1. The van der Waals surface area contributed by atoms with E-state index in [2.05, 4.69) is 33.0 Å². The molecular weight excluding hydrogens is 267 g/mol. The molecule has 1 N–H and O–H groups in total. The third kappa shape index (κ3) is 4.03. The van der Waals surface area contributed by atoms with E-state index in [1.54, 1.807) is 12.1 Å². The molecule has 0 bridgehead atoms. The fourth-order valence-corrected chi connectivity index (χ4v) is 2.84. The Morgan fingerprint density at radius 3 is 2.57 bits per heavy atom. The Labute approximate surface area is 126 Å². The number of piperazine rings is 1. The Hall–Kier alpha value is -1.42. The molecule has 3 nitrogen and oxygen atoms in total. The molecule has 1 saturated heterocycles. The van der Waals surface area contributed by atoms with Gasteiger partial charge in [-0.3, -0.25) is 4.79 Å². The van der Waals surface area contributed by atoms with Gasteiger partial charge in [-0.2, -0.15) is 0 Å². The number of benzene rings is 1. The zero-order chi connectivity index (χ0) is 15.6. The van der Waals surface area contributed by atoms with Crippen molar-refractivity contribution in [3.63, 3.8) is 0 Å². The van der Waals surface area contributed by atoms with Crippen molar-refractivity contribution < 1.29 is 9.18 Å². The summed E-state index contributed by atoms with van der Waals surface area (Å²) in [6.45, 7) is 10.0. The van der Waals surface area contributed by atoms with Crippen LogP contribution in [0.4, 0.5) is 4.39 Å². The van der Waals surface area contributed by atoms with Crippen molar-refractivity contribution in [2.75, 3.05) is 13.1 Å². The molecule has 0 spiro atoms. The largest absolute Gasteiger partial charge is 0.336 e. The maximum Gasteiger partial charge on any atom is 0.227 e. The number of rotatable bonds is 3. The molecule has 0 aromatic heterocycles. The number of hydrogen-bond donors (Lipinski definition) is 1. The summed E-state index contributed by atoms with van der Waals surface area (Å²) in [5.74, 6) is 0.259. The predicted octanol–water partition coefficient (Wildman–Crippen LogP) is 2.60. The molecule has 1 aliphatic rings. The van der Waals surface area contributed by atoms with Crippen LogP contribution in [0.1, 0.15) is 33.3 Å². The van der Waals surface area contributed by atoms with Crippen LogP contribution < -0.4 is 5.32 Å². The average molecular weight is 292 g/mol. The van der Waals surface area contributed by atoms with E-state index in [9.17, 15) is 9.18 Å². The van der Waals surface area contributed by atoms with Gasteiger partial charge in [-0.05, 0) is 37.5 Å². The van der Waals surface area contributed by atoms with Crippen LogP contribution in [0.5, 0.6) is 0 Å². The van der Waals surface area contributed by atoms with Gasteiger partial charge in [0.2, 0.25) is 5.91 Å². The van der Waals surface area contributed by atoms with E-state index in [1.807, 2.05) is 4.90 Å². The number of halogens is 1. The van der Waals surface area contributed by atoms with Crippen molar-refractivity contribution in [1.82, 2.24) is 10.2 Å². The van der Waals surface area contributed by atoms with Crippen LogP contribution in [0, 0.1) is 11.7 Å². The van der Waals surface area contributed by atoms with E-state index in [-0.39, 0.29) is 23.3 Å². The Morgan fingerprint density at radius 2 is 2.00 bits per heavy atom. The lowest BCUT2D eigenvalue weighted by Crippen LogP contribution is -2.64. The SMILES string of the molecule is CC(C)C1CNC(C)(C)CN1C(=O)Cc1ccc(F)cc1. The fraction of sp³-hybridized carbons (Fsp3) is 0.588. The maximum atomic E-state index is 12.9. The molecule has 1 fully saturated rings. The zero-order valence-corrected chi connectivity index (χ0v) is 13.3. The minimum atomic E-state index is -0.269. The minimum Gasteiger partial charge on any atom is -0.336 e. The van der Waals surface area contributed by atoms with Crippen molar-refractivity contribution in [3.05, 3.63) is 35.6 Å². The topological polar surface area (TPSA) is 32.3 Å². The number of nitrogens with one attached hydrogen (secondary N) is 1. The first-order valence-electron chi connectivity index (χ1n) is 7.57. The molecule has 1 unspecified atom stereocenters. The summed E-state index contributed by atoms with van der Waals surface area (Å²) < 4.78 is 12.9. The third-order valence-electron chi connectivity index (χ3n) is 4.11. The number of nitrogens with zero attached hydrogens (tertiary/aromatic N) is 1. The van der Waals surface area contributed by atoms with Crippen LogP contribution in [-0.2, 0) is 11.2 Å². The molecule has 1 heterocycles. The minimum absolute atomic E-state index is 0.0656. The molecular formula is C17H25FN2O. The maximum absolute atomic E-state index is 12.9. The Morgan fingerprint density at radius 1 is 1.38 bits per heavy atom. The molecule has 4 heteroatoms. The van der Waals surface area contributed by atoms with Gasteiger partial charge in [0.05, 0.1) is 6.42 Å². The summed E-state index contributed by atoms with van der Waals surface area (Å²) in [7, 11) is 0. The van der Waals surface area contributed by atoms with Crippen LogP contribution >= 0.6 is 0 Å². The standard InChI is InChI=1S/C17H25FN2O/c1-12(2)15-10-19-17(3,4)11-20(15)16(21)9-13-5-7-14(18)8-6-13/h5-8,12,15,19H,9-11H2,1-4H3. The van der Waals surface area contributed by atoms with Gasteiger partial charge in [0, 0.05) is 24.7 Å². The first-order chi connectivity index (χ1) is 9.78. The van der Waals surface area contributed by atoms with Gasteiger partial charge in [0.25, 0.3) is 0 Å².